The van der Waals surface area contributed by atoms with Crippen LogP contribution in [0.25, 0.3) is 5.57 Å². The monoisotopic (exact) mass is 1140 g/mol. The van der Waals surface area contributed by atoms with Gasteiger partial charge in [0.05, 0.1) is 82.2 Å². The Kier molecular flexibility index (Phi) is 18.3. The first-order valence-corrected chi connectivity index (χ1v) is 28.0. The van der Waals surface area contributed by atoms with Crippen molar-refractivity contribution in [3.05, 3.63) is 101 Å². The maximum Gasteiger partial charge on any atom is 0.416 e. The molecule has 5 atom stereocenters. The number of benzene rings is 4. The zero-order chi connectivity index (χ0) is 59.1. The number of hydrogen-bond donors (Lipinski definition) is 7. The molecule has 4 aliphatic heterocycles. The molecule has 7 amide bonds. The molecule has 5 aliphatic rings. The number of fused-ring (bicyclic) bond motifs is 4. The Morgan fingerprint density at radius 2 is 1.46 bits per heavy atom. The summed E-state index contributed by atoms with van der Waals surface area (Å²) in [7, 11) is 4.64. The van der Waals surface area contributed by atoms with Crippen molar-refractivity contribution in [2.45, 2.75) is 103 Å². The average Bonchev–Trinajstić information content (AvgIpc) is 4.01. The fourth-order valence-electron chi connectivity index (χ4n) is 10.9. The number of nitrogens with zero attached hydrogens (tertiary/aromatic N) is 3. The summed E-state index contributed by atoms with van der Waals surface area (Å²) in [4.78, 5) is 97.3. The Labute approximate surface area is 481 Å². The standard InChI is InChI=1S/C60H73N9O14/c1-34(2)53(66-52(71)30-63-51(70)28-61)55(73)64-35(3)54(72)65-39-14-10-36(11-15-39)32-83-59(77)69-45-26-50(48(80-6)24-43(45)57(75)68-33-60(18-19-60)27-46(68)58(69)76)82-21-9-7-8-20-81-49-25-44-42(23-47(49)79-5)56(74)67-31-38(22-40(67)29-62-44)37-12-16-41(78-4)17-13-37/h10-17,23-26,31,34-35,40,46,53,58,62,76H,7-9,18-22,27-30,32-33,61H2,1-6H3,(H,63,70)(H,64,73)(H,65,72)(H,66,71)/t35-,40-,46-,53-,58-/m0/s1. The van der Waals surface area contributed by atoms with Crippen LogP contribution in [-0.2, 0) is 30.5 Å². The Bertz CT molecular complexity index is 3130. The zero-order valence-corrected chi connectivity index (χ0v) is 47.5. The molecule has 1 saturated carbocycles. The van der Waals surface area contributed by atoms with Crippen LogP contribution >= 0.6 is 0 Å². The molecule has 2 fully saturated rings. The van der Waals surface area contributed by atoms with Crippen molar-refractivity contribution in [2.75, 3.05) is 76.3 Å². The fraction of sp³-hybridized carbons (Fsp3) is 0.450. The average molecular weight is 1140 g/mol. The van der Waals surface area contributed by atoms with Crippen LogP contribution < -0.4 is 60.9 Å². The molecule has 23 heteroatoms. The van der Waals surface area contributed by atoms with Gasteiger partial charge in [0.15, 0.2) is 29.2 Å². The lowest BCUT2D eigenvalue weighted by Crippen LogP contribution is -2.55. The van der Waals surface area contributed by atoms with E-state index in [0.717, 1.165) is 34.6 Å². The SMILES string of the molecule is COc1ccc(C2=CN3C(=O)c4cc(OC)c(OCCCCCOc5cc6c(cc5OC)C(=O)N5CC7(CC7)C[C@H]5[C@H](O)N6C(=O)OCc5ccc(NC(=O)[C@H](C)NC(=O)[C@@H](NC(=O)CNC(=O)CN)C(C)C)cc5)cc4NC[C@@H]3C2)cc1. The number of hydrogen-bond acceptors (Lipinski definition) is 16. The van der Waals surface area contributed by atoms with E-state index in [4.69, 9.17) is 34.2 Å². The van der Waals surface area contributed by atoms with Crippen LogP contribution in [0.1, 0.15) is 97.6 Å². The number of rotatable bonds is 23. The molecule has 23 nitrogen and oxygen atoms in total. The van der Waals surface area contributed by atoms with Gasteiger partial charge in [-0.25, -0.2) is 9.69 Å². The van der Waals surface area contributed by atoms with Gasteiger partial charge in [-0.3, -0.25) is 28.8 Å². The van der Waals surface area contributed by atoms with Crippen molar-refractivity contribution in [3.8, 4) is 28.7 Å². The minimum absolute atomic E-state index is 0.0647. The molecule has 4 aromatic rings. The first-order chi connectivity index (χ1) is 39.9. The summed E-state index contributed by atoms with van der Waals surface area (Å²) in [6, 6.07) is 18.1. The number of anilines is 3. The molecule has 83 heavy (non-hydrogen) atoms. The van der Waals surface area contributed by atoms with E-state index in [1.807, 2.05) is 36.5 Å². The maximum atomic E-state index is 14.4. The number of nitrogens with one attached hydrogen (secondary N) is 5. The summed E-state index contributed by atoms with van der Waals surface area (Å²) in [5.74, 6) is -0.825. The van der Waals surface area contributed by atoms with Gasteiger partial charge < -0.3 is 75.6 Å². The van der Waals surface area contributed by atoms with Gasteiger partial charge in [-0.05, 0) is 116 Å². The lowest BCUT2D eigenvalue weighted by atomic mass is 10.0. The number of carbonyl (C=O) groups excluding carboxylic acids is 7. The third-order valence-corrected chi connectivity index (χ3v) is 15.8. The van der Waals surface area contributed by atoms with E-state index >= 15 is 0 Å². The molecule has 1 aliphatic carbocycles. The fourth-order valence-corrected chi connectivity index (χ4v) is 10.9. The lowest BCUT2D eigenvalue weighted by Gasteiger charge is -2.31. The third kappa shape index (κ3) is 13.4. The molecule has 1 saturated heterocycles. The summed E-state index contributed by atoms with van der Waals surface area (Å²) in [6.45, 7) is 5.65. The van der Waals surface area contributed by atoms with Gasteiger partial charge in [0, 0.05) is 37.1 Å². The number of ether oxygens (including phenoxy) is 6. The van der Waals surface area contributed by atoms with E-state index in [2.05, 4.69) is 26.6 Å². The number of methoxy groups -OCH3 is 3. The van der Waals surface area contributed by atoms with Crippen molar-refractivity contribution in [1.82, 2.24) is 25.8 Å². The molecule has 0 bridgehead atoms. The highest BCUT2D eigenvalue weighted by Gasteiger charge is 2.58. The predicted octanol–water partition coefficient (Wildman–Crippen LogP) is 5.15. The van der Waals surface area contributed by atoms with Crippen molar-refractivity contribution < 1.29 is 67.1 Å². The lowest BCUT2D eigenvalue weighted by molar-refractivity contribution is -0.132. The topological polar surface area (TPSA) is 291 Å². The van der Waals surface area contributed by atoms with Crippen LogP contribution in [0, 0.1) is 11.3 Å². The summed E-state index contributed by atoms with van der Waals surface area (Å²) >= 11 is 0. The van der Waals surface area contributed by atoms with E-state index in [0.29, 0.717) is 85.8 Å². The number of nitrogens with two attached hydrogens (primary N) is 1. The molecular weight excluding hydrogens is 1070 g/mol. The molecule has 0 unspecified atom stereocenters. The molecular formula is C60H73N9O14. The smallest absolute Gasteiger partial charge is 0.416 e. The van der Waals surface area contributed by atoms with Gasteiger partial charge in [0.1, 0.15) is 24.4 Å². The van der Waals surface area contributed by atoms with Crippen molar-refractivity contribution in [3.63, 3.8) is 0 Å². The number of carbonyl (C=O) groups is 7. The Hall–Kier alpha value is -8.57. The highest BCUT2D eigenvalue weighted by molar-refractivity contribution is 6.06. The van der Waals surface area contributed by atoms with Gasteiger partial charge in [-0.1, -0.05) is 38.1 Å². The van der Waals surface area contributed by atoms with Crippen LogP contribution in [0.15, 0.2) is 79.0 Å². The first kappa shape index (κ1) is 59.1. The molecule has 442 valence electrons. The second kappa shape index (κ2) is 25.7. The minimum atomic E-state index is -1.45. The Balaban J connectivity index is 0.794. The van der Waals surface area contributed by atoms with Gasteiger partial charge in [-0.15, -0.1) is 0 Å². The number of unbranched alkanes of at least 4 members (excludes halogenated alkanes) is 2. The minimum Gasteiger partial charge on any atom is -0.497 e. The van der Waals surface area contributed by atoms with Crippen molar-refractivity contribution in [1.29, 1.82) is 0 Å². The normalized spacial score (nSPS) is 18.8. The summed E-state index contributed by atoms with van der Waals surface area (Å²) in [5.41, 5.74) is 9.60. The summed E-state index contributed by atoms with van der Waals surface area (Å²) in [6.07, 6.45) is 4.59. The number of aliphatic hydroxyl groups excluding tert-OH is 1. The van der Waals surface area contributed by atoms with E-state index in [1.54, 1.807) is 74.3 Å². The largest absolute Gasteiger partial charge is 0.497 e. The predicted molar refractivity (Wildman–Crippen MR) is 306 cm³/mol. The first-order valence-electron chi connectivity index (χ1n) is 28.0. The number of aliphatic hydroxyl groups is 1. The van der Waals surface area contributed by atoms with E-state index in [9.17, 15) is 38.7 Å². The van der Waals surface area contributed by atoms with Crippen molar-refractivity contribution >= 4 is 64.2 Å². The number of amides is 7. The second-order valence-corrected chi connectivity index (χ2v) is 21.9. The van der Waals surface area contributed by atoms with Crippen LogP contribution in [0.2, 0.25) is 0 Å². The van der Waals surface area contributed by atoms with Crippen LogP contribution in [-0.4, -0.2) is 148 Å². The Morgan fingerprint density at radius 1 is 0.783 bits per heavy atom. The van der Waals surface area contributed by atoms with Gasteiger partial charge in [-0.2, -0.15) is 0 Å². The Morgan fingerprint density at radius 3 is 2.10 bits per heavy atom. The highest BCUT2D eigenvalue weighted by atomic mass is 16.6. The quantitative estimate of drug-likeness (QED) is 0.0473. The molecule has 4 aromatic carbocycles. The van der Waals surface area contributed by atoms with E-state index in [-0.39, 0.29) is 78.2 Å². The molecule has 9 rings (SSSR count). The van der Waals surface area contributed by atoms with Gasteiger partial charge in [0.25, 0.3) is 11.8 Å². The van der Waals surface area contributed by atoms with Crippen LogP contribution in [0.4, 0.5) is 21.9 Å². The summed E-state index contributed by atoms with van der Waals surface area (Å²) in [5, 5.41) is 25.8. The highest BCUT2D eigenvalue weighted by Crippen LogP contribution is 2.57. The summed E-state index contributed by atoms with van der Waals surface area (Å²) < 4.78 is 35.1. The molecule has 8 N–H and O–H groups in total. The second-order valence-electron chi connectivity index (χ2n) is 21.9. The van der Waals surface area contributed by atoms with Crippen molar-refractivity contribution in [2.24, 2.45) is 17.1 Å². The van der Waals surface area contributed by atoms with Crippen LogP contribution in [0.3, 0.4) is 0 Å². The maximum absolute atomic E-state index is 14.4. The molecule has 0 aromatic heterocycles. The third-order valence-electron chi connectivity index (χ3n) is 15.8. The zero-order valence-electron chi connectivity index (χ0n) is 47.5. The van der Waals surface area contributed by atoms with Gasteiger partial charge in [0.2, 0.25) is 23.6 Å². The molecule has 4 heterocycles. The van der Waals surface area contributed by atoms with Crippen LogP contribution in [0.5, 0.6) is 28.7 Å². The molecule has 1 spiro atoms. The van der Waals surface area contributed by atoms with E-state index in [1.165, 1.54) is 20.1 Å². The van der Waals surface area contributed by atoms with E-state index < -0.39 is 54.1 Å². The van der Waals surface area contributed by atoms with Gasteiger partial charge >= 0.3 is 6.09 Å². The molecule has 0 radical (unpaired) electrons.